The SMILES string of the molecule is C=Cc1cnc(Nc2cc(CC3CC3)c(N3CCC(N4CCN(C)CC4)CC3)cc2OC)nc1Nc1ccc2nccnc2c1S(=O)(=O)NC. The number of benzene rings is 2. The number of hydrogen-bond donors (Lipinski definition) is 3. The van der Waals surface area contributed by atoms with E-state index in [2.05, 4.69) is 70.8 Å². The van der Waals surface area contributed by atoms with Gasteiger partial charge in [-0.25, -0.2) is 18.1 Å². The minimum absolute atomic E-state index is 0.0247. The number of aromatic nitrogens is 4. The highest BCUT2D eigenvalue weighted by Gasteiger charge is 2.30. The molecule has 14 heteroatoms. The van der Waals surface area contributed by atoms with Gasteiger partial charge >= 0.3 is 0 Å². The molecule has 3 aliphatic rings. The third-order valence-corrected chi connectivity index (χ3v) is 11.6. The maximum Gasteiger partial charge on any atom is 0.244 e. The quantitative estimate of drug-likeness (QED) is 0.190. The van der Waals surface area contributed by atoms with E-state index in [0.717, 1.165) is 64.2 Å². The standard InChI is InChI=1S/C36H46N10O3S/c1-5-25-23-40-36(43-35(25)41-29-9-8-28-33(39-13-12-38-28)34(29)50(47,48)37-2)42-30-21-26(20-24-6-7-24)31(22-32(30)49-4)46-14-10-27(11-15-46)45-18-16-44(3)17-19-45/h5,8-9,12-13,21-24,27,37H,1,6-7,10-11,14-20H2,2-4H3,(H2,40,41,42,43). The minimum atomic E-state index is -3.92. The van der Waals surface area contributed by atoms with E-state index < -0.39 is 10.0 Å². The second-order valence-electron chi connectivity index (χ2n) is 13.4. The first-order valence-electron chi connectivity index (χ1n) is 17.4. The number of methoxy groups -OCH3 is 1. The van der Waals surface area contributed by atoms with E-state index in [4.69, 9.17) is 9.72 Å². The summed E-state index contributed by atoms with van der Waals surface area (Å²) < 4.78 is 34.8. The van der Waals surface area contributed by atoms with Gasteiger partial charge in [-0.05, 0) is 75.9 Å². The van der Waals surface area contributed by atoms with E-state index in [1.807, 2.05) is 0 Å². The summed E-state index contributed by atoms with van der Waals surface area (Å²) in [6.45, 7) is 10.6. The lowest BCUT2D eigenvalue weighted by Gasteiger charge is -2.43. The highest BCUT2D eigenvalue weighted by atomic mass is 32.2. The molecule has 7 rings (SSSR count). The molecular weight excluding hydrogens is 653 g/mol. The molecule has 1 saturated carbocycles. The van der Waals surface area contributed by atoms with E-state index in [0.29, 0.717) is 46.2 Å². The molecule has 0 amide bonds. The molecule has 4 heterocycles. The van der Waals surface area contributed by atoms with Crippen molar-refractivity contribution in [2.24, 2.45) is 5.92 Å². The van der Waals surface area contributed by atoms with Crippen LogP contribution >= 0.6 is 0 Å². The molecule has 2 aliphatic heterocycles. The monoisotopic (exact) mass is 698 g/mol. The predicted molar refractivity (Wildman–Crippen MR) is 198 cm³/mol. The average Bonchev–Trinajstić information content (AvgIpc) is 3.96. The molecule has 2 saturated heterocycles. The van der Waals surface area contributed by atoms with Crippen LogP contribution in [0.4, 0.5) is 28.8 Å². The summed E-state index contributed by atoms with van der Waals surface area (Å²) in [6.07, 6.45) is 12.1. The second-order valence-corrected chi connectivity index (χ2v) is 15.2. The largest absolute Gasteiger partial charge is 0.494 e. The van der Waals surface area contributed by atoms with Crippen molar-refractivity contribution < 1.29 is 13.2 Å². The summed E-state index contributed by atoms with van der Waals surface area (Å²) in [6, 6.07) is 8.37. The normalized spacial score (nSPS) is 17.9. The number of likely N-dealkylation sites (N-methyl/N-ethyl adjacent to an activating group) is 1. The Labute approximate surface area is 294 Å². The Kier molecular flexibility index (Phi) is 9.87. The maximum atomic E-state index is 13.2. The number of fused-ring (bicyclic) bond motifs is 1. The first-order valence-corrected chi connectivity index (χ1v) is 18.8. The van der Waals surface area contributed by atoms with Crippen LogP contribution in [0.15, 0.2) is 54.3 Å². The number of rotatable bonds is 12. The van der Waals surface area contributed by atoms with Crippen LogP contribution in [0.1, 0.15) is 36.8 Å². The van der Waals surface area contributed by atoms with Gasteiger partial charge in [0.05, 0.1) is 24.0 Å². The minimum Gasteiger partial charge on any atom is -0.494 e. The van der Waals surface area contributed by atoms with Crippen molar-refractivity contribution in [3.63, 3.8) is 0 Å². The van der Waals surface area contributed by atoms with Gasteiger partial charge in [0.25, 0.3) is 0 Å². The van der Waals surface area contributed by atoms with E-state index in [9.17, 15) is 8.42 Å². The molecule has 2 aromatic carbocycles. The van der Waals surface area contributed by atoms with Crippen LogP contribution < -0.4 is 25.0 Å². The number of ether oxygens (including phenoxy) is 1. The van der Waals surface area contributed by atoms with Gasteiger partial charge in [0, 0.05) is 81.2 Å². The molecule has 0 atom stereocenters. The van der Waals surface area contributed by atoms with E-state index in [-0.39, 0.29) is 10.4 Å². The Balaban J connectivity index is 1.16. The highest BCUT2D eigenvalue weighted by molar-refractivity contribution is 7.89. The lowest BCUT2D eigenvalue weighted by Crippen LogP contribution is -2.52. The van der Waals surface area contributed by atoms with Gasteiger partial charge < -0.3 is 25.2 Å². The fourth-order valence-electron chi connectivity index (χ4n) is 7.06. The van der Waals surface area contributed by atoms with Crippen molar-refractivity contribution in [1.29, 1.82) is 0 Å². The predicted octanol–water partition coefficient (Wildman–Crippen LogP) is 4.64. The molecule has 13 nitrogen and oxygen atoms in total. The van der Waals surface area contributed by atoms with Crippen molar-refractivity contribution in [1.82, 2.24) is 34.5 Å². The van der Waals surface area contributed by atoms with Crippen LogP contribution in [0.25, 0.3) is 17.1 Å². The molecule has 0 radical (unpaired) electrons. The van der Waals surface area contributed by atoms with Crippen molar-refractivity contribution in [3.8, 4) is 5.75 Å². The summed E-state index contributed by atoms with van der Waals surface area (Å²) in [7, 11) is 1.34. The zero-order valence-corrected chi connectivity index (χ0v) is 29.8. The van der Waals surface area contributed by atoms with Crippen LogP contribution in [0.3, 0.4) is 0 Å². The molecule has 4 aromatic rings. The van der Waals surface area contributed by atoms with Gasteiger partial charge in [0.2, 0.25) is 16.0 Å². The zero-order chi connectivity index (χ0) is 34.8. The summed E-state index contributed by atoms with van der Waals surface area (Å²) >= 11 is 0. The maximum absolute atomic E-state index is 13.2. The van der Waals surface area contributed by atoms with Gasteiger partial charge in [-0.15, -0.1) is 0 Å². The molecule has 0 unspecified atom stereocenters. The number of nitrogens with one attached hydrogen (secondary N) is 3. The third-order valence-electron chi connectivity index (χ3n) is 10.1. The van der Waals surface area contributed by atoms with Crippen molar-refractivity contribution in [3.05, 3.63) is 60.6 Å². The molecule has 264 valence electrons. The second kappa shape index (κ2) is 14.5. The van der Waals surface area contributed by atoms with Crippen LogP contribution in [0.5, 0.6) is 5.75 Å². The summed E-state index contributed by atoms with van der Waals surface area (Å²) in [4.78, 5) is 25.6. The summed E-state index contributed by atoms with van der Waals surface area (Å²) in [5, 5.41) is 6.61. The first-order chi connectivity index (χ1) is 24.3. The van der Waals surface area contributed by atoms with Crippen LogP contribution in [0.2, 0.25) is 0 Å². The van der Waals surface area contributed by atoms with Crippen molar-refractivity contribution in [2.75, 3.05) is 76.0 Å². The number of anilines is 5. The fraction of sp³-hybridized carbons (Fsp3) is 0.444. The molecule has 0 spiro atoms. The zero-order valence-electron chi connectivity index (χ0n) is 29.0. The lowest BCUT2D eigenvalue weighted by atomic mass is 9.98. The topological polar surface area (TPSA) is 141 Å². The number of sulfonamides is 1. The summed E-state index contributed by atoms with van der Waals surface area (Å²) in [5.41, 5.74) is 4.92. The number of nitrogens with zero attached hydrogens (tertiary/aromatic N) is 7. The van der Waals surface area contributed by atoms with E-state index in [1.54, 1.807) is 31.5 Å². The Morgan fingerprint density at radius 2 is 1.72 bits per heavy atom. The van der Waals surface area contributed by atoms with Gasteiger partial charge in [-0.1, -0.05) is 12.7 Å². The van der Waals surface area contributed by atoms with Crippen molar-refractivity contribution in [2.45, 2.75) is 43.0 Å². The number of piperidine rings is 1. The lowest BCUT2D eigenvalue weighted by molar-refractivity contribution is 0.0982. The van der Waals surface area contributed by atoms with Gasteiger partial charge in [-0.2, -0.15) is 4.98 Å². The Morgan fingerprint density at radius 1 is 0.960 bits per heavy atom. The van der Waals surface area contributed by atoms with E-state index >= 15 is 0 Å². The Morgan fingerprint density at radius 3 is 2.42 bits per heavy atom. The Bertz CT molecular complexity index is 1970. The molecule has 2 aromatic heterocycles. The van der Waals surface area contributed by atoms with Gasteiger partial charge in [0.15, 0.2) is 0 Å². The highest BCUT2D eigenvalue weighted by Crippen LogP contribution is 2.41. The van der Waals surface area contributed by atoms with Crippen LogP contribution in [0, 0.1) is 5.92 Å². The van der Waals surface area contributed by atoms with E-state index in [1.165, 1.54) is 43.5 Å². The first kappa shape index (κ1) is 34.1. The van der Waals surface area contributed by atoms with Gasteiger partial charge in [-0.3, -0.25) is 14.9 Å². The fourth-order valence-corrected chi connectivity index (χ4v) is 8.09. The Hall–Kier alpha value is -4.37. The van der Waals surface area contributed by atoms with Gasteiger partial charge in [0.1, 0.15) is 22.0 Å². The molecule has 0 bridgehead atoms. The number of hydrogen-bond acceptors (Lipinski definition) is 12. The third kappa shape index (κ3) is 7.24. The van der Waals surface area contributed by atoms with Crippen molar-refractivity contribution >= 4 is 56.0 Å². The van der Waals surface area contributed by atoms with Crippen LogP contribution in [-0.2, 0) is 16.4 Å². The summed E-state index contributed by atoms with van der Waals surface area (Å²) in [5.74, 6) is 2.12. The molecule has 3 N–H and O–H groups in total. The number of piperazine rings is 1. The molecule has 3 fully saturated rings. The molecule has 50 heavy (non-hydrogen) atoms. The smallest absolute Gasteiger partial charge is 0.244 e. The average molecular weight is 699 g/mol. The molecule has 1 aliphatic carbocycles. The molecular formula is C36H46N10O3S. The van der Waals surface area contributed by atoms with Crippen LogP contribution in [-0.4, -0.2) is 105 Å².